The first-order valence-electron chi connectivity index (χ1n) is 7.41. The topological polar surface area (TPSA) is 49.8 Å². The molecule has 0 amide bonds. The number of aliphatic hydroxyl groups excluding tert-OH is 1. The molecule has 112 valence electrons. The summed E-state index contributed by atoms with van der Waals surface area (Å²) in [5.74, 6) is -0.357. The van der Waals surface area contributed by atoms with Gasteiger partial charge in [0.25, 0.3) is 0 Å². The fourth-order valence-electron chi connectivity index (χ4n) is 3.48. The Labute approximate surface area is 125 Å². The quantitative estimate of drug-likeness (QED) is 0.681. The van der Waals surface area contributed by atoms with E-state index in [2.05, 4.69) is 11.5 Å². The predicted octanol–water partition coefficient (Wildman–Crippen LogP) is 1.84. The van der Waals surface area contributed by atoms with E-state index in [0.29, 0.717) is 18.0 Å². The molecule has 21 heavy (non-hydrogen) atoms. The van der Waals surface area contributed by atoms with Crippen molar-refractivity contribution in [3.05, 3.63) is 42.5 Å². The molecule has 4 unspecified atom stereocenters. The Balaban J connectivity index is 1.63. The van der Waals surface area contributed by atoms with E-state index in [1.54, 1.807) is 0 Å². The van der Waals surface area contributed by atoms with Gasteiger partial charge in [-0.3, -0.25) is 4.90 Å². The third-order valence-electron chi connectivity index (χ3n) is 4.74. The van der Waals surface area contributed by atoms with Gasteiger partial charge in [-0.2, -0.15) is 0 Å². The Kier molecular flexibility index (Phi) is 3.83. The molecule has 2 bridgehead atoms. The van der Waals surface area contributed by atoms with Crippen LogP contribution in [0.5, 0.6) is 0 Å². The lowest BCUT2D eigenvalue weighted by Crippen LogP contribution is -2.45. The number of carbonyl (C=O) groups excluding carboxylic acids is 1. The van der Waals surface area contributed by atoms with Crippen LogP contribution >= 0.6 is 0 Å². The summed E-state index contributed by atoms with van der Waals surface area (Å²) in [6.45, 7) is 3.84. The van der Waals surface area contributed by atoms with E-state index in [1.165, 1.54) is 0 Å². The van der Waals surface area contributed by atoms with Gasteiger partial charge in [0.05, 0.1) is 11.7 Å². The maximum Gasteiger partial charge on any atom is 0.338 e. The van der Waals surface area contributed by atoms with Gasteiger partial charge in [-0.15, -0.1) is 0 Å². The van der Waals surface area contributed by atoms with Crippen LogP contribution in [0, 0.1) is 0 Å². The number of likely N-dealkylation sites (N-methyl/N-ethyl adjacent to an activating group) is 1. The number of nitrogens with zero attached hydrogens (tertiary/aromatic N) is 1. The van der Waals surface area contributed by atoms with Gasteiger partial charge in [0.2, 0.25) is 0 Å². The van der Waals surface area contributed by atoms with Gasteiger partial charge in [0, 0.05) is 24.9 Å². The van der Waals surface area contributed by atoms with Crippen LogP contribution in [-0.2, 0) is 9.53 Å². The molecule has 1 aromatic rings. The molecule has 1 aromatic carbocycles. The molecular formula is C17H21NO3. The lowest BCUT2D eigenvalue weighted by atomic mass is 10.00. The Bertz CT molecular complexity index is 542. The van der Waals surface area contributed by atoms with Crippen LogP contribution < -0.4 is 0 Å². The molecule has 2 aliphatic heterocycles. The van der Waals surface area contributed by atoms with E-state index in [4.69, 9.17) is 4.74 Å². The van der Waals surface area contributed by atoms with Crippen molar-refractivity contribution in [2.45, 2.75) is 43.6 Å². The van der Waals surface area contributed by atoms with Crippen LogP contribution in [-0.4, -0.2) is 47.3 Å². The van der Waals surface area contributed by atoms with Crippen LogP contribution in [0.3, 0.4) is 0 Å². The largest absolute Gasteiger partial charge is 0.459 e. The van der Waals surface area contributed by atoms with E-state index in [9.17, 15) is 9.90 Å². The summed E-state index contributed by atoms with van der Waals surface area (Å²) in [5.41, 5.74) is 1.18. The van der Waals surface area contributed by atoms with Crippen molar-refractivity contribution in [1.29, 1.82) is 0 Å². The maximum absolute atomic E-state index is 12.2. The number of esters is 1. The SMILES string of the molecule is C=C(C(=O)OC1CC2CC(O)C(C1)N2C)c1ccccc1. The number of hydrogen-bond donors (Lipinski definition) is 1. The normalized spacial score (nSPS) is 31.9. The summed E-state index contributed by atoms with van der Waals surface area (Å²) in [4.78, 5) is 14.4. The lowest BCUT2D eigenvalue weighted by molar-refractivity contribution is -0.145. The first kappa shape index (κ1) is 14.3. The molecule has 2 saturated heterocycles. The zero-order valence-corrected chi connectivity index (χ0v) is 12.2. The summed E-state index contributed by atoms with van der Waals surface area (Å²) >= 11 is 0. The van der Waals surface area contributed by atoms with Crippen molar-refractivity contribution in [3.8, 4) is 0 Å². The fraction of sp³-hybridized carbons (Fsp3) is 0.471. The number of fused-ring (bicyclic) bond motifs is 2. The number of rotatable bonds is 3. The monoisotopic (exact) mass is 287 g/mol. The molecule has 3 rings (SSSR count). The molecule has 2 aliphatic rings. The van der Waals surface area contributed by atoms with E-state index in [0.717, 1.165) is 18.4 Å². The van der Waals surface area contributed by atoms with E-state index in [1.807, 2.05) is 37.4 Å². The van der Waals surface area contributed by atoms with Gasteiger partial charge in [-0.05, 0) is 19.0 Å². The second-order valence-electron chi connectivity index (χ2n) is 6.03. The number of carbonyl (C=O) groups is 1. The van der Waals surface area contributed by atoms with Crippen molar-refractivity contribution >= 4 is 11.5 Å². The first-order valence-corrected chi connectivity index (χ1v) is 7.41. The zero-order valence-electron chi connectivity index (χ0n) is 12.2. The van der Waals surface area contributed by atoms with Crippen LogP contribution in [0.1, 0.15) is 24.8 Å². The summed E-state index contributed by atoms with van der Waals surface area (Å²) in [6, 6.07) is 9.77. The summed E-state index contributed by atoms with van der Waals surface area (Å²) in [7, 11) is 2.03. The number of aliphatic hydroxyl groups is 1. The molecule has 0 saturated carbocycles. The van der Waals surface area contributed by atoms with Gasteiger partial charge in [0.1, 0.15) is 6.10 Å². The minimum atomic E-state index is -0.357. The highest BCUT2D eigenvalue weighted by Crippen LogP contribution is 2.36. The maximum atomic E-state index is 12.2. The van der Waals surface area contributed by atoms with Crippen LogP contribution in [0.4, 0.5) is 0 Å². The predicted molar refractivity (Wildman–Crippen MR) is 80.6 cm³/mol. The highest BCUT2D eigenvalue weighted by molar-refractivity contribution is 6.15. The average molecular weight is 287 g/mol. The third-order valence-corrected chi connectivity index (χ3v) is 4.74. The fourth-order valence-corrected chi connectivity index (χ4v) is 3.48. The molecule has 1 N–H and O–H groups in total. The van der Waals surface area contributed by atoms with Gasteiger partial charge in [-0.25, -0.2) is 4.79 Å². The summed E-state index contributed by atoms with van der Waals surface area (Å²) < 4.78 is 5.61. The number of benzene rings is 1. The summed E-state index contributed by atoms with van der Waals surface area (Å²) in [5, 5.41) is 10.0. The molecule has 0 radical (unpaired) electrons. The van der Waals surface area contributed by atoms with Gasteiger partial charge in [0.15, 0.2) is 0 Å². The molecule has 0 aliphatic carbocycles. The van der Waals surface area contributed by atoms with E-state index in [-0.39, 0.29) is 24.2 Å². The van der Waals surface area contributed by atoms with E-state index < -0.39 is 0 Å². The third kappa shape index (κ3) is 2.74. The second kappa shape index (κ2) is 5.62. The minimum Gasteiger partial charge on any atom is -0.459 e. The smallest absolute Gasteiger partial charge is 0.338 e. The molecule has 4 atom stereocenters. The standard InChI is InChI=1S/C17H21NO3/c1-11(12-6-4-3-5-7-12)17(20)21-14-8-13-9-16(19)15(10-14)18(13)2/h3-7,13-16,19H,1,8-10H2,2H3. The average Bonchev–Trinajstić information content (AvgIpc) is 2.65. The van der Waals surface area contributed by atoms with Crippen molar-refractivity contribution in [2.24, 2.45) is 0 Å². The van der Waals surface area contributed by atoms with Gasteiger partial charge < -0.3 is 9.84 Å². The van der Waals surface area contributed by atoms with Crippen molar-refractivity contribution < 1.29 is 14.6 Å². The molecule has 0 aromatic heterocycles. The Morgan fingerprint density at radius 3 is 2.67 bits per heavy atom. The molecule has 2 heterocycles. The van der Waals surface area contributed by atoms with Crippen LogP contribution in [0.2, 0.25) is 0 Å². The Morgan fingerprint density at radius 2 is 2.00 bits per heavy atom. The second-order valence-corrected chi connectivity index (χ2v) is 6.03. The molecule has 4 heteroatoms. The highest BCUT2D eigenvalue weighted by atomic mass is 16.5. The molecular weight excluding hydrogens is 266 g/mol. The van der Waals surface area contributed by atoms with Crippen LogP contribution in [0.25, 0.3) is 5.57 Å². The molecule has 2 fully saturated rings. The lowest BCUT2D eigenvalue weighted by Gasteiger charge is -2.36. The number of hydrogen-bond acceptors (Lipinski definition) is 4. The number of piperidine rings is 1. The van der Waals surface area contributed by atoms with Gasteiger partial charge >= 0.3 is 5.97 Å². The minimum absolute atomic E-state index is 0.103. The Morgan fingerprint density at radius 1 is 1.29 bits per heavy atom. The van der Waals surface area contributed by atoms with Crippen molar-refractivity contribution in [3.63, 3.8) is 0 Å². The first-order chi connectivity index (χ1) is 10.1. The highest BCUT2D eigenvalue weighted by Gasteiger charge is 2.45. The molecule has 0 spiro atoms. The van der Waals surface area contributed by atoms with E-state index >= 15 is 0 Å². The van der Waals surface area contributed by atoms with Crippen molar-refractivity contribution in [2.75, 3.05) is 7.05 Å². The zero-order chi connectivity index (χ0) is 15.0. The van der Waals surface area contributed by atoms with Gasteiger partial charge in [-0.1, -0.05) is 36.9 Å². The van der Waals surface area contributed by atoms with Crippen LogP contribution in [0.15, 0.2) is 36.9 Å². The Hall–Kier alpha value is -1.65. The number of ether oxygens (including phenoxy) is 1. The summed E-state index contributed by atoms with van der Waals surface area (Å²) in [6.07, 6.45) is 1.83. The molecule has 4 nitrogen and oxygen atoms in total. The van der Waals surface area contributed by atoms with Crippen molar-refractivity contribution in [1.82, 2.24) is 4.90 Å².